The lowest BCUT2D eigenvalue weighted by Gasteiger charge is -2.18. The number of nitriles is 1. The fourth-order valence-corrected chi connectivity index (χ4v) is 2.56. The SMILES string of the molecule is Cc1cccc(NC(=O)CN(C)C(=O)c2ccc(NC(=O)CC#N)cc2)c1C. The molecular formula is C21H22N4O3. The van der Waals surface area contributed by atoms with Crippen molar-refractivity contribution in [3.05, 3.63) is 59.2 Å². The van der Waals surface area contributed by atoms with E-state index in [-0.39, 0.29) is 24.8 Å². The molecule has 2 aromatic rings. The minimum atomic E-state index is -0.415. The van der Waals surface area contributed by atoms with Crippen molar-refractivity contribution in [3.63, 3.8) is 0 Å². The lowest BCUT2D eigenvalue weighted by molar-refractivity contribution is -0.117. The van der Waals surface area contributed by atoms with E-state index in [4.69, 9.17) is 5.26 Å². The highest BCUT2D eigenvalue weighted by molar-refractivity contribution is 6.00. The van der Waals surface area contributed by atoms with Crippen molar-refractivity contribution >= 4 is 29.1 Å². The van der Waals surface area contributed by atoms with Crippen LogP contribution >= 0.6 is 0 Å². The van der Waals surface area contributed by atoms with Gasteiger partial charge in [-0.3, -0.25) is 14.4 Å². The monoisotopic (exact) mass is 378 g/mol. The molecule has 0 aromatic heterocycles. The summed E-state index contributed by atoms with van der Waals surface area (Å²) >= 11 is 0. The predicted octanol–water partition coefficient (Wildman–Crippen LogP) is 2.87. The Morgan fingerprint density at radius 2 is 1.68 bits per heavy atom. The summed E-state index contributed by atoms with van der Waals surface area (Å²) in [6, 6.07) is 13.7. The van der Waals surface area contributed by atoms with Crippen LogP contribution in [0.15, 0.2) is 42.5 Å². The number of aryl methyl sites for hydroxylation is 1. The van der Waals surface area contributed by atoms with Crippen LogP contribution in [0.4, 0.5) is 11.4 Å². The van der Waals surface area contributed by atoms with Crippen LogP contribution in [0.2, 0.25) is 0 Å². The second-order valence-corrected chi connectivity index (χ2v) is 6.42. The maximum absolute atomic E-state index is 12.5. The molecule has 0 fully saturated rings. The van der Waals surface area contributed by atoms with Crippen LogP contribution in [0, 0.1) is 25.2 Å². The van der Waals surface area contributed by atoms with Gasteiger partial charge in [-0.1, -0.05) is 12.1 Å². The lowest BCUT2D eigenvalue weighted by Crippen LogP contribution is -2.35. The quantitative estimate of drug-likeness (QED) is 0.807. The van der Waals surface area contributed by atoms with Crippen molar-refractivity contribution < 1.29 is 14.4 Å². The molecule has 0 unspecified atom stereocenters. The fourth-order valence-electron chi connectivity index (χ4n) is 2.56. The second-order valence-electron chi connectivity index (χ2n) is 6.42. The van der Waals surface area contributed by atoms with Crippen molar-refractivity contribution in [2.24, 2.45) is 0 Å². The zero-order valence-corrected chi connectivity index (χ0v) is 16.1. The number of carbonyl (C=O) groups is 3. The minimum Gasteiger partial charge on any atom is -0.332 e. The standard InChI is InChI=1S/C21H22N4O3/c1-14-5-4-6-18(15(14)2)24-20(27)13-25(3)21(28)16-7-9-17(10-8-16)23-19(26)11-12-22/h4-10H,11,13H2,1-3H3,(H,23,26)(H,24,27). The second kappa shape index (κ2) is 9.33. The van der Waals surface area contributed by atoms with Crippen LogP contribution in [0.3, 0.4) is 0 Å². The van der Waals surface area contributed by atoms with Gasteiger partial charge in [-0.25, -0.2) is 0 Å². The molecule has 0 spiro atoms. The van der Waals surface area contributed by atoms with Gasteiger partial charge in [-0.2, -0.15) is 5.26 Å². The highest BCUT2D eigenvalue weighted by Gasteiger charge is 2.16. The van der Waals surface area contributed by atoms with E-state index in [1.165, 1.54) is 4.90 Å². The number of nitrogens with one attached hydrogen (secondary N) is 2. The van der Waals surface area contributed by atoms with Gasteiger partial charge in [0.15, 0.2) is 0 Å². The van der Waals surface area contributed by atoms with E-state index < -0.39 is 5.91 Å². The smallest absolute Gasteiger partial charge is 0.254 e. The van der Waals surface area contributed by atoms with Crippen LogP contribution in [0.25, 0.3) is 0 Å². The molecule has 2 N–H and O–H groups in total. The first-order valence-electron chi connectivity index (χ1n) is 8.70. The van der Waals surface area contributed by atoms with Crippen LogP contribution in [-0.4, -0.2) is 36.2 Å². The molecule has 7 nitrogen and oxygen atoms in total. The molecular weight excluding hydrogens is 356 g/mol. The first-order valence-corrected chi connectivity index (χ1v) is 8.70. The van der Waals surface area contributed by atoms with E-state index in [0.717, 1.165) is 16.8 Å². The predicted molar refractivity (Wildman–Crippen MR) is 107 cm³/mol. The maximum atomic E-state index is 12.5. The third-order valence-corrected chi connectivity index (χ3v) is 4.26. The number of amides is 3. The Hall–Kier alpha value is -3.66. The van der Waals surface area contributed by atoms with Gasteiger partial charge in [0.25, 0.3) is 5.91 Å². The Morgan fingerprint density at radius 3 is 2.32 bits per heavy atom. The summed E-state index contributed by atoms with van der Waals surface area (Å²) < 4.78 is 0. The lowest BCUT2D eigenvalue weighted by atomic mass is 10.1. The molecule has 28 heavy (non-hydrogen) atoms. The first-order chi connectivity index (χ1) is 13.3. The van der Waals surface area contributed by atoms with Gasteiger partial charge in [0.05, 0.1) is 12.6 Å². The summed E-state index contributed by atoms with van der Waals surface area (Å²) in [7, 11) is 1.55. The molecule has 144 valence electrons. The average Bonchev–Trinajstić information content (AvgIpc) is 2.65. The number of anilines is 2. The summed E-state index contributed by atoms with van der Waals surface area (Å²) in [5.41, 5.74) is 3.67. The van der Waals surface area contributed by atoms with E-state index in [9.17, 15) is 14.4 Å². The van der Waals surface area contributed by atoms with E-state index in [2.05, 4.69) is 10.6 Å². The molecule has 0 bridgehead atoms. The number of rotatable bonds is 6. The molecule has 0 aliphatic carbocycles. The average molecular weight is 378 g/mol. The summed E-state index contributed by atoms with van der Waals surface area (Å²) in [6.45, 7) is 3.80. The molecule has 0 aliphatic rings. The van der Waals surface area contributed by atoms with Gasteiger partial charge in [-0.15, -0.1) is 0 Å². The van der Waals surface area contributed by atoms with Crippen LogP contribution in [-0.2, 0) is 9.59 Å². The Morgan fingerprint density at radius 1 is 1.00 bits per heavy atom. The van der Waals surface area contributed by atoms with Gasteiger partial charge in [-0.05, 0) is 55.3 Å². The number of benzene rings is 2. The summed E-state index contributed by atoms with van der Waals surface area (Å²) in [5.74, 6) is -1.02. The Kier molecular flexibility index (Phi) is 6.88. The number of carbonyl (C=O) groups excluding carboxylic acids is 3. The molecule has 0 heterocycles. The summed E-state index contributed by atoms with van der Waals surface area (Å²) in [4.78, 5) is 37.5. The zero-order valence-electron chi connectivity index (χ0n) is 16.1. The van der Waals surface area contributed by atoms with Crippen molar-refractivity contribution in [2.75, 3.05) is 24.2 Å². The number of hydrogen-bond donors (Lipinski definition) is 2. The van der Waals surface area contributed by atoms with Gasteiger partial charge >= 0.3 is 0 Å². The van der Waals surface area contributed by atoms with Gasteiger partial charge in [0, 0.05) is 24.0 Å². The maximum Gasteiger partial charge on any atom is 0.254 e. The Labute approximate surface area is 164 Å². The van der Waals surface area contributed by atoms with Gasteiger partial charge in [0.1, 0.15) is 6.42 Å². The summed E-state index contributed by atoms with van der Waals surface area (Å²) in [5, 5.41) is 13.9. The third kappa shape index (κ3) is 5.42. The molecule has 0 saturated carbocycles. The van der Waals surface area contributed by atoms with Crippen molar-refractivity contribution in [1.29, 1.82) is 5.26 Å². The van der Waals surface area contributed by atoms with Gasteiger partial charge < -0.3 is 15.5 Å². The molecule has 2 rings (SSSR count). The van der Waals surface area contributed by atoms with E-state index >= 15 is 0 Å². The highest BCUT2D eigenvalue weighted by Crippen LogP contribution is 2.18. The van der Waals surface area contributed by atoms with E-state index in [1.54, 1.807) is 37.4 Å². The van der Waals surface area contributed by atoms with Crippen LogP contribution in [0.1, 0.15) is 27.9 Å². The zero-order chi connectivity index (χ0) is 20.7. The number of nitrogens with zero attached hydrogens (tertiary/aromatic N) is 2. The highest BCUT2D eigenvalue weighted by atomic mass is 16.2. The van der Waals surface area contributed by atoms with Crippen LogP contribution < -0.4 is 10.6 Å². The molecule has 0 radical (unpaired) electrons. The number of likely N-dealkylation sites (N-methyl/N-ethyl adjacent to an activating group) is 1. The Balaban J connectivity index is 1.96. The fraction of sp³-hybridized carbons (Fsp3) is 0.238. The van der Waals surface area contributed by atoms with Crippen LogP contribution in [0.5, 0.6) is 0 Å². The molecule has 0 atom stereocenters. The molecule has 0 saturated heterocycles. The topological polar surface area (TPSA) is 102 Å². The first kappa shape index (κ1) is 20.6. The van der Waals surface area contributed by atoms with Crippen molar-refractivity contribution in [1.82, 2.24) is 4.90 Å². The number of hydrogen-bond acceptors (Lipinski definition) is 4. The largest absolute Gasteiger partial charge is 0.332 e. The molecule has 0 aliphatic heterocycles. The third-order valence-electron chi connectivity index (χ3n) is 4.26. The minimum absolute atomic E-state index is 0.0904. The Bertz CT molecular complexity index is 930. The molecule has 2 aromatic carbocycles. The van der Waals surface area contributed by atoms with E-state index in [0.29, 0.717) is 11.3 Å². The summed E-state index contributed by atoms with van der Waals surface area (Å²) in [6.07, 6.45) is -0.237. The normalized spacial score (nSPS) is 9.93. The van der Waals surface area contributed by atoms with Crippen molar-refractivity contribution in [2.45, 2.75) is 20.3 Å². The molecule has 3 amide bonds. The van der Waals surface area contributed by atoms with Gasteiger partial charge in [0.2, 0.25) is 11.8 Å². The van der Waals surface area contributed by atoms with Crippen molar-refractivity contribution in [3.8, 4) is 6.07 Å². The molecule has 7 heteroatoms. The van der Waals surface area contributed by atoms with E-state index in [1.807, 2.05) is 32.0 Å².